The van der Waals surface area contributed by atoms with E-state index in [1.54, 1.807) is 13.1 Å². The van der Waals surface area contributed by atoms with Crippen LogP contribution in [0.1, 0.15) is 16.8 Å². The van der Waals surface area contributed by atoms with Crippen LogP contribution in [0.5, 0.6) is 0 Å². The number of nitrogens with zero attached hydrogens (tertiary/aromatic N) is 2. The lowest BCUT2D eigenvalue weighted by Crippen LogP contribution is -2.27. The summed E-state index contributed by atoms with van der Waals surface area (Å²) in [5, 5.41) is 6.74. The van der Waals surface area contributed by atoms with Crippen molar-refractivity contribution in [1.82, 2.24) is 14.8 Å². The van der Waals surface area contributed by atoms with Crippen LogP contribution in [0.2, 0.25) is 0 Å². The molecule has 0 atom stereocenters. The highest BCUT2D eigenvalue weighted by Crippen LogP contribution is 2.25. The molecule has 0 spiro atoms. The fraction of sp³-hybridized carbons (Fsp3) is 0.235. The molecule has 0 radical (unpaired) electrons. The zero-order valence-electron chi connectivity index (χ0n) is 13.3. The highest BCUT2D eigenvalue weighted by atomic mass is 16.2. The first kappa shape index (κ1) is 15.0. The minimum absolute atomic E-state index is 0.0594. The monoisotopic (exact) mass is 310 g/mol. The van der Waals surface area contributed by atoms with Gasteiger partial charge in [0.2, 0.25) is 5.91 Å². The molecule has 3 aromatic rings. The number of aromatic nitrogens is 3. The number of anilines is 1. The van der Waals surface area contributed by atoms with Crippen molar-refractivity contribution in [2.45, 2.75) is 27.3 Å². The molecule has 0 bridgehead atoms. The summed E-state index contributed by atoms with van der Waals surface area (Å²) in [4.78, 5) is 28.7. The Hall–Kier alpha value is -2.89. The smallest absolute Gasteiger partial charge is 0.270 e. The first-order valence-electron chi connectivity index (χ1n) is 7.37. The summed E-state index contributed by atoms with van der Waals surface area (Å²) in [6, 6.07) is 7.71. The molecule has 2 aromatic heterocycles. The Morgan fingerprint density at radius 1 is 1.26 bits per heavy atom. The van der Waals surface area contributed by atoms with E-state index in [4.69, 9.17) is 0 Å². The summed E-state index contributed by atoms with van der Waals surface area (Å²) in [6.07, 6.45) is 1.69. The molecule has 1 aromatic carbocycles. The Balaban J connectivity index is 1.90. The van der Waals surface area contributed by atoms with Crippen LogP contribution < -0.4 is 10.9 Å². The van der Waals surface area contributed by atoms with E-state index in [-0.39, 0.29) is 18.0 Å². The van der Waals surface area contributed by atoms with Crippen LogP contribution in [-0.4, -0.2) is 20.7 Å². The second kappa shape index (κ2) is 5.72. The van der Waals surface area contributed by atoms with Crippen molar-refractivity contribution >= 4 is 22.5 Å². The number of aromatic amines is 1. The van der Waals surface area contributed by atoms with Gasteiger partial charge in [0.1, 0.15) is 6.54 Å². The van der Waals surface area contributed by atoms with Crippen molar-refractivity contribution < 1.29 is 4.79 Å². The molecule has 23 heavy (non-hydrogen) atoms. The van der Waals surface area contributed by atoms with Crippen molar-refractivity contribution in [3.63, 3.8) is 0 Å². The number of hydrogen-bond donors (Lipinski definition) is 2. The summed E-state index contributed by atoms with van der Waals surface area (Å²) < 4.78 is 1.31. The van der Waals surface area contributed by atoms with E-state index in [1.165, 1.54) is 4.68 Å². The molecule has 0 aliphatic rings. The van der Waals surface area contributed by atoms with Crippen LogP contribution in [0.4, 0.5) is 5.69 Å². The van der Waals surface area contributed by atoms with E-state index in [0.717, 1.165) is 22.2 Å². The number of aryl methyl sites for hydroxylation is 2. The van der Waals surface area contributed by atoms with Gasteiger partial charge in [-0.1, -0.05) is 18.2 Å². The lowest BCUT2D eigenvalue weighted by molar-refractivity contribution is -0.116. The number of carbonyl (C=O) groups is 1. The van der Waals surface area contributed by atoms with Crippen LogP contribution in [0.15, 0.2) is 35.3 Å². The number of amides is 1. The van der Waals surface area contributed by atoms with Gasteiger partial charge in [0.25, 0.3) is 5.56 Å². The molecule has 0 saturated carbocycles. The molecule has 0 aliphatic heterocycles. The summed E-state index contributed by atoms with van der Waals surface area (Å²) in [6.45, 7) is 5.40. The van der Waals surface area contributed by atoms with Gasteiger partial charge >= 0.3 is 0 Å². The summed E-state index contributed by atoms with van der Waals surface area (Å²) in [7, 11) is 0. The topological polar surface area (TPSA) is 79.8 Å². The third-order valence-electron chi connectivity index (χ3n) is 3.98. The SMILES string of the molecule is Cc1ccc2cccnc2c1NC(=O)Cn1[nH]c(C)c(C)c1=O. The van der Waals surface area contributed by atoms with Crippen molar-refractivity contribution in [2.75, 3.05) is 5.32 Å². The number of benzene rings is 1. The quantitative estimate of drug-likeness (QED) is 0.779. The summed E-state index contributed by atoms with van der Waals surface area (Å²) in [5.74, 6) is -0.269. The molecule has 2 N–H and O–H groups in total. The molecule has 6 heteroatoms. The molecular weight excluding hydrogens is 292 g/mol. The Kier molecular flexibility index (Phi) is 3.73. The molecule has 1 amide bonds. The van der Waals surface area contributed by atoms with Crippen LogP contribution in [0.3, 0.4) is 0 Å². The van der Waals surface area contributed by atoms with E-state index in [1.807, 2.05) is 38.1 Å². The van der Waals surface area contributed by atoms with Gasteiger partial charge in [0, 0.05) is 22.8 Å². The second-order valence-electron chi connectivity index (χ2n) is 5.63. The van der Waals surface area contributed by atoms with Crippen molar-refractivity contribution in [1.29, 1.82) is 0 Å². The molecule has 0 fully saturated rings. The van der Waals surface area contributed by atoms with Gasteiger partial charge < -0.3 is 5.32 Å². The fourth-order valence-electron chi connectivity index (χ4n) is 2.54. The molecule has 0 saturated heterocycles. The minimum atomic E-state index is -0.269. The number of hydrogen-bond acceptors (Lipinski definition) is 3. The van der Waals surface area contributed by atoms with E-state index in [9.17, 15) is 9.59 Å². The lowest BCUT2D eigenvalue weighted by atomic mass is 10.1. The predicted molar refractivity (Wildman–Crippen MR) is 89.6 cm³/mol. The fourth-order valence-corrected chi connectivity index (χ4v) is 2.54. The standard InChI is InChI=1S/C17H18N4O2/c1-10-6-7-13-5-4-8-18-16(13)15(10)19-14(22)9-21-17(23)11(2)12(3)20-21/h4-8,20H,9H2,1-3H3,(H,19,22). The Bertz CT molecular complexity index is 953. The molecular formula is C17H18N4O2. The molecule has 6 nitrogen and oxygen atoms in total. The molecule has 0 unspecified atom stereocenters. The van der Waals surface area contributed by atoms with Gasteiger partial charge in [-0.15, -0.1) is 0 Å². The van der Waals surface area contributed by atoms with Crippen molar-refractivity contribution in [3.05, 3.63) is 57.6 Å². The Morgan fingerprint density at radius 3 is 2.74 bits per heavy atom. The van der Waals surface area contributed by atoms with Crippen LogP contribution >= 0.6 is 0 Å². The van der Waals surface area contributed by atoms with E-state index < -0.39 is 0 Å². The highest BCUT2D eigenvalue weighted by molar-refractivity contribution is 6.01. The summed E-state index contributed by atoms with van der Waals surface area (Å²) in [5.41, 5.74) is 3.57. The van der Waals surface area contributed by atoms with E-state index in [2.05, 4.69) is 15.4 Å². The second-order valence-corrected chi connectivity index (χ2v) is 5.63. The molecule has 118 valence electrons. The van der Waals surface area contributed by atoms with Crippen molar-refractivity contribution in [2.24, 2.45) is 0 Å². The highest BCUT2D eigenvalue weighted by Gasteiger charge is 2.13. The third-order valence-corrected chi connectivity index (χ3v) is 3.98. The van der Waals surface area contributed by atoms with Gasteiger partial charge in [-0.25, -0.2) is 4.68 Å². The normalized spacial score (nSPS) is 10.9. The number of fused-ring (bicyclic) bond motifs is 1. The summed E-state index contributed by atoms with van der Waals surface area (Å²) >= 11 is 0. The number of H-pyrrole nitrogens is 1. The van der Waals surface area contributed by atoms with Gasteiger partial charge in [0.05, 0.1) is 11.2 Å². The average Bonchev–Trinajstić information content (AvgIpc) is 2.77. The first-order chi connectivity index (χ1) is 11.0. The average molecular weight is 310 g/mol. The number of rotatable bonds is 3. The zero-order chi connectivity index (χ0) is 16.6. The molecule has 2 heterocycles. The first-order valence-corrected chi connectivity index (χ1v) is 7.37. The van der Waals surface area contributed by atoms with Crippen molar-refractivity contribution in [3.8, 4) is 0 Å². The maximum Gasteiger partial charge on any atom is 0.270 e. The van der Waals surface area contributed by atoms with Gasteiger partial charge in [-0.3, -0.25) is 19.7 Å². The van der Waals surface area contributed by atoms with Crippen LogP contribution in [-0.2, 0) is 11.3 Å². The molecule has 3 rings (SSSR count). The lowest BCUT2D eigenvalue weighted by Gasteiger charge is -2.11. The largest absolute Gasteiger partial charge is 0.322 e. The van der Waals surface area contributed by atoms with E-state index >= 15 is 0 Å². The Labute approximate surface area is 133 Å². The van der Waals surface area contributed by atoms with Gasteiger partial charge in [-0.2, -0.15) is 0 Å². The molecule has 0 aliphatic carbocycles. The number of pyridine rings is 1. The zero-order valence-corrected chi connectivity index (χ0v) is 13.3. The number of nitrogens with one attached hydrogen (secondary N) is 2. The maximum absolute atomic E-state index is 12.3. The maximum atomic E-state index is 12.3. The third kappa shape index (κ3) is 2.75. The minimum Gasteiger partial charge on any atom is -0.322 e. The predicted octanol–water partition coefficient (Wildman–Crippen LogP) is 2.29. The Morgan fingerprint density at radius 2 is 2.04 bits per heavy atom. The van der Waals surface area contributed by atoms with Crippen LogP contribution in [0, 0.1) is 20.8 Å². The van der Waals surface area contributed by atoms with Gasteiger partial charge in [0.15, 0.2) is 0 Å². The number of carbonyl (C=O) groups excluding carboxylic acids is 1. The van der Waals surface area contributed by atoms with Gasteiger partial charge in [-0.05, 0) is 32.4 Å². The van der Waals surface area contributed by atoms with E-state index in [0.29, 0.717) is 11.3 Å². The van der Waals surface area contributed by atoms with Crippen LogP contribution in [0.25, 0.3) is 10.9 Å².